The van der Waals surface area contributed by atoms with Gasteiger partial charge in [0.05, 0.1) is 36.1 Å². The molecular weight excluding hydrogens is 376 g/mol. The number of hydrogen-bond acceptors (Lipinski definition) is 8. The Morgan fingerprint density at radius 3 is 2.38 bits per heavy atom. The van der Waals surface area contributed by atoms with Gasteiger partial charge in [-0.15, -0.1) is 0 Å². The zero-order chi connectivity index (χ0) is 20.8. The zero-order valence-electron chi connectivity index (χ0n) is 16.6. The molecule has 0 aliphatic carbocycles. The van der Waals surface area contributed by atoms with Crippen LogP contribution >= 0.6 is 0 Å². The first kappa shape index (κ1) is 20.8. The summed E-state index contributed by atoms with van der Waals surface area (Å²) in [5.41, 5.74) is 1.08. The first-order valence-corrected chi connectivity index (χ1v) is 9.82. The second-order valence-electron chi connectivity index (χ2n) is 6.84. The highest BCUT2D eigenvalue weighted by atomic mass is 16.5. The van der Waals surface area contributed by atoms with Crippen molar-refractivity contribution in [3.05, 3.63) is 34.6 Å². The van der Waals surface area contributed by atoms with Gasteiger partial charge >= 0.3 is 11.9 Å². The predicted octanol–water partition coefficient (Wildman–Crippen LogP) is 1.01. The lowest BCUT2D eigenvalue weighted by Gasteiger charge is -2.15. The molecule has 2 N–H and O–H groups in total. The standard InChI is InChI=1S/C20H26N4O5/c1-3-28-19(26)13-11-24(12-14(13)20(27)29-4-2)10-9-21-17-18(25)23-16-8-6-5-7-15(16)22-17/h5-8,13-14H,3-4,9-12H2,1-2H3,(H,21,22)(H,23,25)/t13-,14+. The Morgan fingerprint density at radius 1 is 1.14 bits per heavy atom. The number of ether oxygens (including phenoxy) is 2. The van der Waals surface area contributed by atoms with Crippen LogP contribution in [0.5, 0.6) is 0 Å². The lowest BCUT2D eigenvalue weighted by Crippen LogP contribution is -2.31. The molecule has 1 saturated heterocycles. The lowest BCUT2D eigenvalue weighted by atomic mass is 9.96. The van der Waals surface area contributed by atoms with E-state index in [2.05, 4.69) is 15.3 Å². The van der Waals surface area contributed by atoms with E-state index in [1.807, 2.05) is 23.1 Å². The molecule has 1 aliphatic heterocycles. The number of benzene rings is 1. The Bertz CT molecular complexity index is 902. The van der Waals surface area contributed by atoms with Crippen molar-refractivity contribution in [3.8, 4) is 0 Å². The molecule has 1 fully saturated rings. The molecule has 2 aromatic rings. The summed E-state index contributed by atoms with van der Waals surface area (Å²) in [4.78, 5) is 45.8. The van der Waals surface area contributed by atoms with Gasteiger partial charge in [-0.1, -0.05) is 12.1 Å². The minimum absolute atomic E-state index is 0.242. The van der Waals surface area contributed by atoms with Crippen molar-refractivity contribution in [2.24, 2.45) is 11.8 Å². The molecule has 0 bridgehead atoms. The van der Waals surface area contributed by atoms with Crippen molar-refractivity contribution >= 4 is 28.8 Å². The summed E-state index contributed by atoms with van der Waals surface area (Å²) >= 11 is 0. The monoisotopic (exact) mass is 402 g/mol. The zero-order valence-corrected chi connectivity index (χ0v) is 16.6. The number of carbonyl (C=O) groups excluding carboxylic acids is 2. The van der Waals surface area contributed by atoms with Crippen LogP contribution in [0, 0.1) is 11.8 Å². The number of anilines is 1. The van der Waals surface area contributed by atoms with Gasteiger partial charge in [0, 0.05) is 26.2 Å². The van der Waals surface area contributed by atoms with E-state index in [-0.39, 0.29) is 36.5 Å². The number of hydrogen-bond donors (Lipinski definition) is 2. The van der Waals surface area contributed by atoms with Crippen LogP contribution in [0.2, 0.25) is 0 Å². The molecule has 29 heavy (non-hydrogen) atoms. The Kier molecular flexibility index (Phi) is 6.82. The molecule has 0 amide bonds. The van der Waals surface area contributed by atoms with Crippen LogP contribution in [0.3, 0.4) is 0 Å². The molecule has 3 rings (SSSR count). The van der Waals surface area contributed by atoms with Crippen molar-refractivity contribution in [1.82, 2.24) is 14.9 Å². The minimum atomic E-state index is -0.545. The van der Waals surface area contributed by atoms with Crippen molar-refractivity contribution in [3.63, 3.8) is 0 Å². The summed E-state index contributed by atoms with van der Waals surface area (Å²) in [7, 11) is 0. The maximum Gasteiger partial charge on any atom is 0.311 e. The highest BCUT2D eigenvalue weighted by molar-refractivity contribution is 5.83. The van der Waals surface area contributed by atoms with Gasteiger partial charge in [0.15, 0.2) is 5.82 Å². The summed E-state index contributed by atoms with van der Waals surface area (Å²) in [5.74, 6) is -1.61. The first-order valence-electron chi connectivity index (χ1n) is 9.82. The number of esters is 2. The van der Waals surface area contributed by atoms with Gasteiger partial charge in [-0.3, -0.25) is 19.3 Å². The van der Waals surface area contributed by atoms with Gasteiger partial charge in [0.1, 0.15) is 0 Å². The van der Waals surface area contributed by atoms with E-state index in [1.165, 1.54) is 0 Å². The fourth-order valence-electron chi connectivity index (χ4n) is 3.53. The summed E-state index contributed by atoms with van der Waals surface area (Å²) in [5, 5.41) is 3.04. The van der Waals surface area contributed by atoms with Crippen LogP contribution in [0.15, 0.2) is 29.1 Å². The van der Waals surface area contributed by atoms with Crippen LogP contribution in [0.25, 0.3) is 11.0 Å². The summed E-state index contributed by atoms with van der Waals surface area (Å²) in [6.07, 6.45) is 0. The normalized spacial score (nSPS) is 19.2. The smallest absolute Gasteiger partial charge is 0.311 e. The molecule has 0 saturated carbocycles. The van der Waals surface area contributed by atoms with Crippen LogP contribution < -0.4 is 10.9 Å². The number of carbonyl (C=O) groups is 2. The Morgan fingerprint density at radius 2 is 1.76 bits per heavy atom. The Hall–Kier alpha value is -2.94. The first-order chi connectivity index (χ1) is 14.0. The average molecular weight is 402 g/mol. The second kappa shape index (κ2) is 9.51. The largest absolute Gasteiger partial charge is 0.466 e. The average Bonchev–Trinajstić information content (AvgIpc) is 3.13. The molecule has 1 aromatic heterocycles. The fraction of sp³-hybridized carbons (Fsp3) is 0.500. The van der Waals surface area contributed by atoms with E-state index in [0.717, 1.165) is 0 Å². The van der Waals surface area contributed by atoms with Gasteiger partial charge in [-0.2, -0.15) is 0 Å². The number of aromatic nitrogens is 2. The maximum absolute atomic E-state index is 12.2. The quantitative estimate of drug-likeness (QED) is 0.629. The highest BCUT2D eigenvalue weighted by Gasteiger charge is 2.43. The van der Waals surface area contributed by atoms with Crippen LogP contribution in [0.4, 0.5) is 5.82 Å². The van der Waals surface area contributed by atoms with E-state index >= 15 is 0 Å². The third-order valence-corrected chi connectivity index (χ3v) is 4.89. The number of rotatable bonds is 8. The summed E-state index contributed by atoms with van der Waals surface area (Å²) in [6, 6.07) is 7.31. The number of fused-ring (bicyclic) bond motifs is 1. The van der Waals surface area contributed by atoms with Gasteiger partial charge < -0.3 is 19.8 Å². The van der Waals surface area contributed by atoms with Crippen molar-refractivity contribution in [1.29, 1.82) is 0 Å². The number of H-pyrrole nitrogens is 1. The lowest BCUT2D eigenvalue weighted by molar-refractivity contribution is -0.157. The van der Waals surface area contributed by atoms with Crippen LogP contribution in [-0.4, -0.2) is 66.2 Å². The van der Waals surface area contributed by atoms with Crippen molar-refractivity contribution in [2.45, 2.75) is 13.8 Å². The molecule has 2 heterocycles. The Labute approximate surface area is 168 Å². The van der Waals surface area contributed by atoms with Gasteiger partial charge in [-0.25, -0.2) is 4.98 Å². The van der Waals surface area contributed by atoms with Crippen LogP contribution in [-0.2, 0) is 19.1 Å². The van der Waals surface area contributed by atoms with E-state index in [1.54, 1.807) is 19.9 Å². The summed E-state index contributed by atoms with van der Waals surface area (Å²) < 4.78 is 10.2. The molecule has 1 aliphatic rings. The predicted molar refractivity (Wildman–Crippen MR) is 108 cm³/mol. The number of aromatic amines is 1. The Balaban J connectivity index is 1.61. The number of likely N-dealkylation sites (tertiary alicyclic amines) is 1. The third-order valence-electron chi connectivity index (χ3n) is 4.89. The topological polar surface area (TPSA) is 114 Å². The highest BCUT2D eigenvalue weighted by Crippen LogP contribution is 2.26. The number of nitrogens with zero attached hydrogens (tertiary/aromatic N) is 2. The molecule has 2 atom stereocenters. The molecule has 9 heteroatoms. The number of para-hydroxylation sites is 2. The maximum atomic E-state index is 12.2. The van der Waals surface area contributed by atoms with Gasteiger partial charge in [0.25, 0.3) is 5.56 Å². The van der Waals surface area contributed by atoms with Crippen LogP contribution in [0.1, 0.15) is 13.8 Å². The molecular formula is C20H26N4O5. The van der Waals surface area contributed by atoms with E-state index in [9.17, 15) is 14.4 Å². The molecule has 0 spiro atoms. The fourth-order valence-corrected chi connectivity index (χ4v) is 3.53. The molecule has 1 aromatic carbocycles. The van der Waals surface area contributed by atoms with Gasteiger partial charge in [0.2, 0.25) is 0 Å². The molecule has 156 valence electrons. The molecule has 0 unspecified atom stereocenters. The summed E-state index contributed by atoms with van der Waals surface area (Å²) in [6.45, 7) is 5.81. The molecule has 9 nitrogen and oxygen atoms in total. The SMILES string of the molecule is CCOC(=O)[C@H]1CN(CCNc2nc3ccccc3[nH]c2=O)C[C@H]1C(=O)OCC. The van der Waals surface area contributed by atoms with Crippen molar-refractivity contribution < 1.29 is 19.1 Å². The minimum Gasteiger partial charge on any atom is -0.466 e. The van der Waals surface area contributed by atoms with E-state index in [4.69, 9.17) is 9.47 Å². The van der Waals surface area contributed by atoms with E-state index in [0.29, 0.717) is 37.2 Å². The van der Waals surface area contributed by atoms with Crippen molar-refractivity contribution in [2.75, 3.05) is 44.7 Å². The molecule has 0 radical (unpaired) electrons. The van der Waals surface area contributed by atoms with Gasteiger partial charge in [-0.05, 0) is 26.0 Å². The van der Waals surface area contributed by atoms with E-state index < -0.39 is 11.8 Å². The second-order valence-corrected chi connectivity index (χ2v) is 6.84. The number of nitrogens with one attached hydrogen (secondary N) is 2. The third kappa shape index (κ3) is 4.92.